The average Bonchev–Trinajstić information content (AvgIpc) is 2.80. The molecule has 0 saturated heterocycles. The summed E-state index contributed by atoms with van der Waals surface area (Å²) in [5.74, 6) is 0.134. The molecule has 33 heavy (non-hydrogen) atoms. The Hall–Kier alpha value is -3.17. The van der Waals surface area contributed by atoms with Crippen molar-refractivity contribution in [1.29, 1.82) is 0 Å². The van der Waals surface area contributed by atoms with Crippen LogP contribution in [-0.2, 0) is 6.54 Å². The third-order valence-electron chi connectivity index (χ3n) is 6.25. The van der Waals surface area contributed by atoms with Gasteiger partial charge in [0.25, 0.3) is 5.56 Å². The van der Waals surface area contributed by atoms with Gasteiger partial charge in [-0.15, -0.1) is 0 Å². The van der Waals surface area contributed by atoms with Gasteiger partial charge in [0.15, 0.2) is 5.78 Å². The van der Waals surface area contributed by atoms with Crippen molar-refractivity contribution in [3.05, 3.63) is 117 Å². The number of carbonyl (C=O) groups is 1. The van der Waals surface area contributed by atoms with Crippen molar-refractivity contribution in [2.75, 3.05) is 0 Å². The zero-order valence-corrected chi connectivity index (χ0v) is 20.0. The third-order valence-corrected chi connectivity index (χ3v) is 6.49. The molecule has 0 spiro atoms. The fourth-order valence-electron chi connectivity index (χ4n) is 4.32. The fourth-order valence-corrected chi connectivity index (χ4v) is 4.50. The Morgan fingerprint density at radius 2 is 1.64 bits per heavy atom. The largest absolute Gasteiger partial charge is 0.307 e. The van der Waals surface area contributed by atoms with Gasteiger partial charge in [-0.05, 0) is 48.1 Å². The number of ketones is 1. The number of pyridine rings is 1. The molecule has 4 rings (SSSR count). The van der Waals surface area contributed by atoms with Gasteiger partial charge >= 0.3 is 0 Å². The summed E-state index contributed by atoms with van der Waals surface area (Å²) in [7, 11) is 0. The van der Waals surface area contributed by atoms with Crippen LogP contribution in [0.25, 0.3) is 10.8 Å². The predicted molar refractivity (Wildman–Crippen MR) is 136 cm³/mol. The van der Waals surface area contributed by atoms with Gasteiger partial charge in [0, 0.05) is 34.0 Å². The van der Waals surface area contributed by atoms with E-state index in [0.717, 1.165) is 22.2 Å². The molecule has 168 valence electrons. The minimum atomic E-state index is -0.112. The number of Topliss-reactive ketones (excluding diaryl/α,β-unsaturated/α-hetero) is 1. The van der Waals surface area contributed by atoms with Crippen molar-refractivity contribution in [2.24, 2.45) is 5.92 Å². The number of carbonyl (C=O) groups excluding carboxylic acids is 1. The summed E-state index contributed by atoms with van der Waals surface area (Å²) in [5, 5.41) is 2.03. The average molecular weight is 458 g/mol. The lowest BCUT2D eigenvalue weighted by Gasteiger charge is -2.25. The molecular formula is C29H28ClNO2. The molecule has 1 aromatic heterocycles. The molecule has 0 amide bonds. The van der Waals surface area contributed by atoms with Crippen LogP contribution in [0, 0.1) is 12.8 Å². The highest BCUT2D eigenvalue weighted by Crippen LogP contribution is 2.31. The van der Waals surface area contributed by atoms with Gasteiger partial charge in [-0.2, -0.15) is 0 Å². The number of fused-ring (bicyclic) bond motifs is 1. The maximum absolute atomic E-state index is 13.6. The Morgan fingerprint density at radius 1 is 0.939 bits per heavy atom. The highest BCUT2D eigenvalue weighted by atomic mass is 35.5. The van der Waals surface area contributed by atoms with Crippen LogP contribution in [0.5, 0.6) is 0 Å². The quantitative estimate of drug-likeness (QED) is 0.279. The number of aryl methyl sites for hydroxylation is 1. The zero-order chi connectivity index (χ0) is 23.5. The Morgan fingerprint density at radius 3 is 2.30 bits per heavy atom. The summed E-state index contributed by atoms with van der Waals surface area (Å²) >= 11 is 6.25. The maximum Gasteiger partial charge on any atom is 0.258 e. The van der Waals surface area contributed by atoms with E-state index >= 15 is 0 Å². The minimum absolute atomic E-state index is 0.0588. The maximum atomic E-state index is 13.6. The molecule has 0 fully saturated rings. The summed E-state index contributed by atoms with van der Waals surface area (Å²) in [4.78, 5) is 26.8. The molecule has 0 bridgehead atoms. The van der Waals surface area contributed by atoms with Crippen molar-refractivity contribution >= 4 is 28.2 Å². The van der Waals surface area contributed by atoms with Crippen molar-refractivity contribution in [3.8, 4) is 0 Å². The molecular weight excluding hydrogens is 430 g/mol. The van der Waals surface area contributed by atoms with Gasteiger partial charge in [0.1, 0.15) is 0 Å². The lowest BCUT2D eigenvalue weighted by atomic mass is 9.85. The Bertz CT molecular complexity index is 1340. The fraction of sp³-hybridized carbons (Fsp3) is 0.241. The molecule has 0 aliphatic carbocycles. The summed E-state index contributed by atoms with van der Waals surface area (Å²) in [6, 6.07) is 25.0. The zero-order valence-electron chi connectivity index (χ0n) is 19.2. The first-order valence-electron chi connectivity index (χ1n) is 11.3. The van der Waals surface area contributed by atoms with Gasteiger partial charge in [0.2, 0.25) is 0 Å². The molecule has 3 nitrogen and oxygen atoms in total. The molecule has 0 saturated carbocycles. The van der Waals surface area contributed by atoms with Crippen LogP contribution in [0.4, 0.5) is 0 Å². The van der Waals surface area contributed by atoms with Gasteiger partial charge in [-0.3, -0.25) is 9.59 Å². The lowest BCUT2D eigenvalue weighted by molar-refractivity contribution is 0.0965. The number of nitrogens with zero attached hydrogens (tertiary/aromatic N) is 1. The van der Waals surface area contributed by atoms with E-state index in [0.29, 0.717) is 28.9 Å². The topological polar surface area (TPSA) is 39.1 Å². The second-order valence-corrected chi connectivity index (χ2v) is 9.46. The summed E-state index contributed by atoms with van der Waals surface area (Å²) in [5.41, 5.74) is 3.68. The van der Waals surface area contributed by atoms with E-state index in [1.54, 1.807) is 12.1 Å². The molecule has 0 N–H and O–H groups in total. The van der Waals surface area contributed by atoms with Crippen LogP contribution in [0.1, 0.15) is 53.4 Å². The monoisotopic (exact) mass is 457 g/mol. The van der Waals surface area contributed by atoms with Crippen LogP contribution >= 0.6 is 11.6 Å². The van der Waals surface area contributed by atoms with Crippen LogP contribution < -0.4 is 5.56 Å². The number of benzene rings is 3. The highest BCUT2D eigenvalue weighted by Gasteiger charge is 2.25. The van der Waals surface area contributed by atoms with Crippen LogP contribution in [0.3, 0.4) is 0 Å². The number of rotatable bonds is 7. The molecule has 1 heterocycles. The summed E-state index contributed by atoms with van der Waals surface area (Å²) < 4.78 is 1.83. The minimum Gasteiger partial charge on any atom is -0.307 e. The second kappa shape index (κ2) is 9.76. The van der Waals surface area contributed by atoms with Gasteiger partial charge in [-0.25, -0.2) is 0 Å². The van der Waals surface area contributed by atoms with E-state index in [4.69, 9.17) is 11.6 Å². The smallest absolute Gasteiger partial charge is 0.258 e. The first kappa shape index (κ1) is 23.0. The van der Waals surface area contributed by atoms with E-state index < -0.39 is 0 Å². The van der Waals surface area contributed by atoms with Crippen LogP contribution in [0.15, 0.2) is 83.7 Å². The second-order valence-electron chi connectivity index (χ2n) is 9.02. The lowest BCUT2D eigenvalue weighted by Crippen LogP contribution is -2.28. The Balaban J connectivity index is 1.84. The van der Waals surface area contributed by atoms with Crippen molar-refractivity contribution in [2.45, 2.75) is 39.7 Å². The molecule has 4 heteroatoms. The number of halogens is 1. The van der Waals surface area contributed by atoms with E-state index in [-0.39, 0.29) is 23.2 Å². The van der Waals surface area contributed by atoms with Crippen molar-refractivity contribution in [3.63, 3.8) is 0 Å². The van der Waals surface area contributed by atoms with Gasteiger partial charge in [0.05, 0.1) is 6.54 Å². The molecule has 4 aromatic rings. The Labute approximate surface area is 199 Å². The van der Waals surface area contributed by atoms with E-state index in [1.807, 2.05) is 78.2 Å². The first-order chi connectivity index (χ1) is 15.8. The van der Waals surface area contributed by atoms with E-state index in [9.17, 15) is 9.59 Å². The molecule has 0 radical (unpaired) electrons. The van der Waals surface area contributed by atoms with E-state index in [1.165, 1.54) is 0 Å². The molecule has 0 aliphatic heterocycles. The molecule has 0 aliphatic rings. The van der Waals surface area contributed by atoms with Crippen LogP contribution in [-0.4, -0.2) is 10.4 Å². The number of hydrogen-bond donors (Lipinski definition) is 0. The third kappa shape index (κ3) is 5.09. The SMILES string of the molecule is Cc1ccc(C(=O)C[C@@H](c2cc3cc(Cl)ccc3c(=O)n2Cc2ccccc2)C(C)C)cc1. The van der Waals surface area contributed by atoms with Crippen LogP contribution in [0.2, 0.25) is 5.02 Å². The predicted octanol–water partition coefficient (Wildman–Crippen LogP) is 7.02. The summed E-state index contributed by atoms with van der Waals surface area (Å²) in [6.07, 6.45) is 0.334. The normalized spacial score (nSPS) is 12.3. The van der Waals surface area contributed by atoms with Gasteiger partial charge < -0.3 is 4.57 Å². The van der Waals surface area contributed by atoms with Gasteiger partial charge in [-0.1, -0.05) is 85.6 Å². The molecule has 0 unspecified atom stereocenters. The number of hydrogen-bond acceptors (Lipinski definition) is 2. The number of aromatic nitrogens is 1. The molecule has 3 aromatic carbocycles. The first-order valence-corrected chi connectivity index (χ1v) is 11.7. The standard InChI is InChI=1S/C29H28ClNO2/c1-19(2)26(17-28(32)22-11-9-20(3)10-12-22)27-16-23-15-24(30)13-14-25(23)29(33)31(27)18-21-7-5-4-6-8-21/h4-16,19,26H,17-18H2,1-3H3/t26-/m1/s1. The summed E-state index contributed by atoms with van der Waals surface area (Å²) in [6.45, 7) is 6.67. The highest BCUT2D eigenvalue weighted by molar-refractivity contribution is 6.31. The Kier molecular flexibility index (Phi) is 6.80. The molecule has 1 atom stereocenters. The van der Waals surface area contributed by atoms with E-state index in [2.05, 4.69) is 13.8 Å². The van der Waals surface area contributed by atoms with Crippen molar-refractivity contribution in [1.82, 2.24) is 4.57 Å². The van der Waals surface area contributed by atoms with Crippen molar-refractivity contribution < 1.29 is 4.79 Å².